The molecule has 0 aromatic carbocycles. The molecule has 0 radical (unpaired) electrons. The third-order valence-electron chi connectivity index (χ3n) is 2.08. The van der Waals surface area contributed by atoms with Crippen LogP contribution in [0.4, 0.5) is 0 Å². The lowest BCUT2D eigenvalue weighted by molar-refractivity contribution is 0.212. The Morgan fingerprint density at radius 1 is 1.38 bits per heavy atom. The first-order chi connectivity index (χ1) is 5.91. The average molecular weight is 211 g/mol. The number of hydrogen-bond donors (Lipinski definition) is 3. The van der Waals surface area contributed by atoms with Crippen molar-refractivity contribution < 1.29 is 18.1 Å². The molecule has 80 valence electrons. The van der Waals surface area contributed by atoms with Crippen molar-refractivity contribution in [1.29, 1.82) is 0 Å². The second kappa shape index (κ2) is 5.54. The highest BCUT2D eigenvalue weighted by atomic mass is 32.2. The summed E-state index contributed by atoms with van der Waals surface area (Å²) in [5.74, 6) is 0.0628. The van der Waals surface area contributed by atoms with Crippen LogP contribution in [0.1, 0.15) is 26.2 Å². The molecule has 0 heterocycles. The van der Waals surface area contributed by atoms with Gasteiger partial charge >= 0.3 is 0 Å². The largest absolute Gasteiger partial charge is 0.396 e. The van der Waals surface area contributed by atoms with E-state index in [1.807, 2.05) is 6.92 Å². The molecule has 4 N–H and O–H groups in total. The summed E-state index contributed by atoms with van der Waals surface area (Å²) in [6.45, 7) is 1.93. The van der Waals surface area contributed by atoms with Crippen molar-refractivity contribution in [1.82, 2.24) is 0 Å². The van der Waals surface area contributed by atoms with Crippen LogP contribution in [0, 0.1) is 5.92 Å². The Kier molecular flexibility index (Phi) is 5.46. The van der Waals surface area contributed by atoms with Crippen molar-refractivity contribution in [3.63, 3.8) is 0 Å². The summed E-state index contributed by atoms with van der Waals surface area (Å²) in [5.41, 5.74) is 5.19. The molecule has 0 amide bonds. The van der Waals surface area contributed by atoms with E-state index in [0.717, 1.165) is 6.42 Å². The van der Waals surface area contributed by atoms with Crippen LogP contribution >= 0.6 is 0 Å². The summed E-state index contributed by atoms with van der Waals surface area (Å²) in [4.78, 5) is 0. The maximum absolute atomic E-state index is 10.5. The zero-order valence-corrected chi connectivity index (χ0v) is 8.50. The van der Waals surface area contributed by atoms with Gasteiger partial charge in [-0.25, -0.2) is 0 Å². The SMILES string of the molecule is CC[C@H](CO)CCC(N)S(=O)(=O)O. The van der Waals surface area contributed by atoms with Crippen molar-refractivity contribution in [2.45, 2.75) is 31.6 Å². The van der Waals surface area contributed by atoms with Gasteiger partial charge in [0.2, 0.25) is 0 Å². The van der Waals surface area contributed by atoms with Gasteiger partial charge in [0, 0.05) is 6.61 Å². The maximum atomic E-state index is 10.5. The van der Waals surface area contributed by atoms with Gasteiger partial charge in [0.1, 0.15) is 5.37 Å². The van der Waals surface area contributed by atoms with Gasteiger partial charge in [-0.2, -0.15) is 8.42 Å². The Balaban J connectivity index is 3.89. The molecule has 0 aromatic rings. The second-order valence-electron chi connectivity index (χ2n) is 3.09. The van der Waals surface area contributed by atoms with Gasteiger partial charge in [-0.3, -0.25) is 4.55 Å². The quantitative estimate of drug-likeness (QED) is 0.535. The Hall–Kier alpha value is -0.170. The average Bonchev–Trinajstić information content (AvgIpc) is 2.04. The second-order valence-corrected chi connectivity index (χ2v) is 4.72. The number of aliphatic hydroxyl groups excluding tert-OH is 1. The number of nitrogens with two attached hydrogens (primary N) is 1. The summed E-state index contributed by atoms with van der Waals surface area (Å²) >= 11 is 0. The van der Waals surface area contributed by atoms with Gasteiger partial charge in [0.05, 0.1) is 0 Å². The molecular weight excluding hydrogens is 194 g/mol. The zero-order chi connectivity index (χ0) is 10.5. The smallest absolute Gasteiger partial charge is 0.280 e. The van der Waals surface area contributed by atoms with Gasteiger partial charge in [-0.05, 0) is 18.8 Å². The topological polar surface area (TPSA) is 101 Å². The molecular formula is C7H17NO4S. The Morgan fingerprint density at radius 2 is 1.92 bits per heavy atom. The summed E-state index contributed by atoms with van der Waals surface area (Å²) in [5, 5.41) is 7.56. The van der Waals surface area contributed by atoms with Crippen LogP contribution in [-0.2, 0) is 10.1 Å². The minimum atomic E-state index is -4.12. The number of rotatable bonds is 6. The molecule has 0 aliphatic rings. The van der Waals surface area contributed by atoms with Gasteiger partial charge in [-0.1, -0.05) is 13.3 Å². The van der Waals surface area contributed by atoms with Crippen LogP contribution in [-0.4, -0.2) is 30.1 Å². The van der Waals surface area contributed by atoms with Crippen LogP contribution in [0.2, 0.25) is 0 Å². The lowest BCUT2D eigenvalue weighted by Gasteiger charge is -2.13. The first kappa shape index (κ1) is 12.8. The highest BCUT2D eigenvalue weighted by molar-refractivity contribution is 7.86. The van der Waals surface area contributed by atoms with E-state index in [2.05, 4.69) is 0 Å². The third-order valence-corrected chi connectivity index (χ3v) is 3.08. The van der Waals surface area contributed by atoms with E-state index < -0.39 is 15.5 Å². The van der Waals surface area contributed by atoms with Crippen LogP contribution in [0.25, 0.3) is 0 Å². The molecule has 0 aromatic heterocycles. The van der Waals surface area contributed by atoms with E-state index in [4.69, 9.17) is 15.4 Å². The van der Waals surface area contributed by atoms with Gasteiger partial charge in [0.15, 0.2) is 0 Å². The Labute approximate surface area is 78.7 Å². The van der Waals surface area contributed by atoms with Crippen LogP contribution in [0.15, 0.2) is 0 Å². The fourth-order valence-electron chi connectivity index (χ4n) is 0.973. The normalized spacial score (nSPS) is 16.9. The van der Waals surface area contributed by atoms with E-state index in [1.54, 1.807) is 0 Å². The van der Waals surface area contributed by atoms with E-state index in [-0.39, 0.29) is 18.9 Å². The van der Waals surface area contributed by atoms with E-state index in [9.17, 15) is 8.42 Å². The molecule has 0 saturated carbocycles. The molecule has 0 rings (SSSR count). The van der Waals surface area contributed by atoms with Crippen LogP contribution < -0.4 is 5.73 Å². The van der Waals surface area contributed by atoms with E-state index >= 15 is 0 Å². The predicted molar refractivity (Wildman–Crippen MR) is 49.6 cm³/mol. The Bertz CT molecular complexity index is 223. The first-order valence-electron chi connectivity index (χ1n) is 4.24. The molecule has 2 atom stereocenters. The molecule has 5 nitrogen and oxygen atoms in total. The third kappa shape index (κ3) is 5.20. The predicted octanol–water partition coefficient (Wildman–Crippen LogP) is -0.0423. The molecule has 0 spiro atoms. The fraction of sp³-hybridized carbons (Fsp3) is 1.00. The van der Waals surface area contributed by atoms with Gasteiger partial charge in [-0.15, -0.1) is 0 Å². The highest BCUT2D eigenvalue weighted by Crippen LogP contribution is 2.12. The minimum absolute atomic E-state index is 0.0225. The molecule has 13 heavy (non-hydrogen) atoms. The summed E-state index contributed by atoms with van der Waals surface area (Å²) in [6, 6.07) is 0. The van der Waals surface area contributed by atoms with Crippen LogP contribution in [0.3, 0.4) is 0 Å². The molecule has 0 aliphatic carbocycles. The molecule has 0 aliphatic heterocycles. The summed E-state index contributed by atoms with van der Waals surface area (Å²) in [6.07, 6.45) is 1.46. The van der Waals surface area contributed by atoms with Crippen molar-refractivity contribution in [3.05, 3.63) is 0 Å². The molecule has 0 bridgehead atoms. The highest BCUT2D eigenvalue weighted by Gasteiger charge is 2.18. The fourth-order valence-corrected chi connectivity index (χ4v) is 1.41. The molecule has 0 fully saturated rings. The van der Waals surface area contributed by atoms with E-state index in [1.165, 1.54) is 0 Å². The lowest BCUT2D eigenvalue weighted by atomic mass is 10.0. The summed E-state index contributed by atoms with van der Waals surface area (Å²) in [7, 11) is -4.12. The van der Waals surface area contributed by atoms with Crippen LogP contribution in [0.5, 0.6) is 0 Å². The van der Waals surface area contributed by atoms with Gasteiger partial charge < -0.3 is 10.8 Å². The zero-order valence-electron chi connectivity index (χ0n) is 7.68. The molecule has 1 unspecified atom stereocenters. The maximum Gasteiger partial charge on any atom is 0.280 e. The number of hydrogen-bond acceptors (Lipinski definition) is 4. The van der Waals surface area contributed by atoms with E-state index in [0.29, 0.717) is 6.42 Å². The van der Waals surface area contributed by atoms with Crippen molar-refractivity contribution in [2.24, 2.45) is 11.7 Å². The first-order valence-corrected chi connectivity index (χ1v) is 5.74. The van der Waals surface area contributed by atoms with Crippen molar-refractivity contribution >= 4 is 10.1 Å². The molecule has 0 saturated heterocycles. The standard InChI is InChI=1S/C7H17NO4S/c1-2-6(5-9)3-4-7(8)13(10,11)12/h6-7,9H,2-5,8H2,1H3,(H,10,11,12)/t6-,7?/m0/s1. The minimum Gasteiger partial charge on any atom is -0.396 e. The van der Waals surface area contributed by atoms with Crippen molar-refractivity contribution in [3.8, 4) is 0 Å². The lowest BCUT2D eigenvalue weighted by Crippen LogP contribution is -2.30. The summed E-state index contributed by atoms with van der Waals surface area (Å²) < 4.78 is 29.5. The number of aliphatic hydroxyl groups is 1. The molecule has 6 heteroatoms. The monoisotopic (exact) mass is 211 g/mol. The Morgan fingerprint density at radius 3 is 2.23 bits per heavy atom. The van der Waals surface area contributed by atoms with Crippen molar-refractivity contribution in [2.75, 3.05) is 6.61 Å². The van der Waals surface area contributed by atoms with Gasteiger partial charge in [0.25, 0.3) is 10.1 Å².